The van der Waals surface area contributed by atoms with Gasteiger partial charge in [0.15, 0.2) is 0 Å². The van der Waals surface area contributed by atoms with Crippen molar-refractivity contribution in [2.45, 2.75) is 84.7 Å². The van der Waals surface area contributed by atoms with Crippen molar-refractivity contribution in [3.63, 3.8) is 0 Å². The number of pyridine rings is 1. The number of benzene rings is 1. The number of amides is 1. The number of thiazole rings is 1. The Morgan fingerprint density at radius 1 is 1.29 bits per heavy atom. The Kier molecular flexibility index (Phi) is 11.9. The molecule has 1 aliphatic heterocycles. The van der Waals surface area contributed by atoms with E-state index in [2.05, 4.69) is 79.7 Å². The highest BCUT2D eigenvalue weighted by Crippen LogP contribution is 2.42. The van der Waals surface area contributed by atoms with Gasteiger partial charge in [-0.25, -0.2) is 10.4 Å². The van der Waals surface area contributed by atoms with Crippen LogP contribution >= 0.6 is 23.1 Å². The fourth-order valence-corrected chi connectivity index (χ4v) is 8.20. The fraction of sp³-hybridized carbons (Fsp3) is 0.500. The van der Waals surface area contributed by atoms with Gasteiger partial charge in [0.2, 0.25) is 5.91 Å². The SMILES string of the molecule is C#COCC(C)(C)Cc1c(-c2cccnc2C(C)OC)n(CC)c2ccc(-c3csc(CC(CC)C(=O)N4CCCC(SC)N4)n3)cc12. The number of methoxy groups -OCH3 is 1. The molecule has 0 spiro atoms. The fourth-order valence-electron chi connectivity index (χ4n) is 6.68. The van der Waals surface area contributed by atoms with E-state index in [1.807, 2.05) is 24.2 Å². The average Bonchev–Trinajstić information content (AvgIpc) is 3.70. The lowest BCUT2D eigenvalue weighted by Gasteiger charge is -2.35. The molecule has 4 aromatic rings. The number of hydrogen-bond acceptors (Lipinski definition) is 8. The summed E-state index contributed by atoms with van der Waals surface area (Å²) >= 11 is 3.40. The van der Waals surface area contributed by atoms with Crippen LogP contribution < -0.4 is 5.43 Å². The molecule has 1 aromatic carbocycles. The number of nitrogens with zero attached hydrogens (tertiary/aromatic N) is 4. The number of hydrogen-bond donors (Lipinski definition) is 1. The van der Waals surface area contributed by atoms with Crippen molar-refractivity contribution in [3.05, 3.63) is 58.2 Å². The third-order valence-electron chi connectivity index (χ3n) is 9.33. The maximum Gasteiger partial charge on any atom is 0.240 e. The molecule has 4 heterocycles. The van der Waals surface area contributed by atoms with Crippen LogP contribution in [0.1, 0.15) is 76.3 Å². The third kappa shape index (κ3) is 7.76. The minimum atomic E-state index is -0.228. The van der Waals surface area contributed by atoms with Crippen LogP contribution in [0.15, 0.2) is 41.9 Å². The van der Waals surface area contributed by atoms with Gasteiger partial charge in [-0.1, -0.05) is 33.3 Å². The summed E-state index contributed by atoms with van der Waals surface area (Å²) in [5.74, 6) is 0.0597. The van der Waals surface area contributed by atoms with E-state index < -0.39 is 0 Å². The smallest absolute Gasteiger partial charge is 0.240 e. The van der Waals surface area contributed by atoms with Crippen LogP contribution in [-0.4, -0.2) is 57.3 Å². The average molecular weight is 688 g/mol. The third-order valence-corrected chi connectivity index (χ3v) is 11.1. The highest BCUT2D eigenvalue weighted by atomic mass is 32.2. The van der Waals surface area contributed by atoms with Crippen LogP contribution in [0.3, 0.4) is 0 Å². The summed E-state index contributed by atoms with van der Waals surface area (Å²) in [6, 6.07) is 10.8. The molecule has 3 aromatic heterocycles. The van der Waals surface area contributed by atoms with Gasteiger partial charge in [0.25, 0.3) is 0 Å². The molecular formula is C38H49N5O3S2. The normalized spacial score (nSPS) is 16.5. The number of carbonyl (C=O) groups is 1. The van der Waals surface area contributed by atoms with Crippen LogP contribution in [0.2, 0.25) is 0 Å². The number of ether oxygens (including phenoxy) is 2. The van der Waals surface area contributed by atoms with Crippen molar-refractivity contribution >= 4 is 39.9 Å². The second-order valence-electron chi connectivity index (χ2n) is 13.3. The van der Waals surface area contributed by atoms with Gasteiger partial charge in [-0.3, -0.25) is 14.8 Å². The lowest BCUT2D eigenvalue weighted by molar-refractivity contribution is -0.140. The van der Waals surface area contributed by atoms with Crippen LogP contribution in [0.4, 0.5) is 0 Å². The quantitative estimate of drug-likeness (QED) is 0.134. The lowest BCUT2D eigenvalue weighted by atomic mass is 9.84. The number of thioether (sulfide) groups is 1. The number of terminal acetylenes is 1. The molecule has 0 radical (unpaired) electrons. The van der Waals surface area contributed by atoms with E-state index in [1.54, 1.807) is 30.2 Å². The number of rotatable bonds is 14. The number of aromatic nitrogens is 3. The van der Waals surface area contributed by atoms with Gasteiger partial charge >= 0.3 is 0 Å². The maximum absolute atomic E-state index is 13.5. The predicted molar refractivity (Wildman–Crippen MR) is 199 cm³/mol. The van der Waals surface area contributed by atoms with Gasteiger partial charge < -0.3 is 14.0 Å². The molecule has 0 bridgehead atoms. The topological polar surface area (TPSA) is 81.5 Å². The molecular weight excluding hydrogens is 639 g/mol. The first-order chi connectivity index (χ1) is 23.1. The van der Waals surface area contributed by atoms with Gasteiger partial charge in [0, 0.05) is 71.6 Å². The molecule has 1 fully saturated rings. The van der Waals surface area contributed by atoms with Crippen LogP contribution in [0.5, 0.6) is 0 Å². The second kappa shape index (κ2) is 15.9. The van der Waals surface area contributed by atoms with E-state index >= 15 is 0 Å². The number of nitrogens with one attached hydrogen (secondary N) is 1. The zero-order valence-electron chi connectivity index (χ0n) is 29.3. The van der Waals surface area contributed by atoms with E-state index in [-0.39, 0.29) is 28.7 Å². The molecule has 1 aliphatic rings. The summed E-state index contributed by atoms with van der Waals surface area (Å²) in [6.45, 7) is 12.7. The van der Waals surface area contributed by atoms with Crippen LogP contribution in [-0.2, 0) is 33.7 Å². The van der Waals surface area contributed by atoms with Crippen molar-refractivity contribution in [3.8, 4) is 35.0 Å². The van der Waals surface area contributed by atoms with Gasteiger partial charge in [0.05, 0.1) is 33.6 Å². The zero-order chi connectivity index (χ0) is 34.4. The summed E-state index contributed by atoms with van der Waals surface area (Å²) in [7, 11) is 1.72. The van der Waals surface area contributed by atoms with Crippen molar-refractivity contribution in [1.82, 2.24) is 25.0 Å². The molecule has 5 rings (SSSR count). The van der Waals surface area contributed by atoms with Gasteiger partial charge in [-0.2, -0.15) is 0 Å². The molecule has 3 unspecified atom stereocenters. The molecule has 256 valence electrons. The van der Waals surface area contributed by atoms with Gasteiger partial charge in [0.1, 0.15) is 12.7 Å². The molecule has 10 heteroatoms. The molecule has 0 aliphatic carbocycles. The van der Waals surface area contributed by atoms with E-state index in [0.29, 0.717) is 13.0 Å². The first-order valence-corrected chi connectivity index (χ1v) is 19.1. The Morgan fingerprint density at radius 2 is 2.10 bits per heavy atom. The minimum Gasteiger partial charge on any atom is -0.446 e. The molecule has 3 atom stereocenters. The molecule has 1 saturated heterocycles. The number of aryl methyl sites for hydroxylation is 1. The predicted octanol–water partition coefficient (Wildman–Crippen LogP) is 8.11. The Bertz CT molecular complexity index is 1760. The summed E-state index contributed by atoms with van der Waals surface area (Å²) in [4.78, 5) is 23.4. The summed E-state index contributed by atoms with van der Waals surface area (Å²) < 4.78 is 13.6. The first-order valence-electron chi connectivity index (χ1n) is 16.9. The Hall–Kier alpha value is -3.36. The van der Waals surface area contributed by atoms with E-state index in [9.17, 15) is 4.79 Å². The molecule has 1 N–H and O–H groups in total. The Labute approximate surface area is 294 Å². The highest BCUT2D eigenvalue weighted by Gasteiger charge is 2.30. The molecule has 8 nitrogen and oxygen atoms in total. The maximum atomic E-state index is 13.5. The van der Waals surface area contributed by atoms with Crippen molar-refractivity contribution in [2.75, 3.05) is 26.5 Å². The minimum absolute atomic E-state index is 0.108. The molecule has 0 saturated carbocycles. The molecule has 1 amide bonds. The number of fused-ring (bicyclic) bond motifs is 1. The van der Waals surface area contributed by atoms with Crippen molar-refractivity contribution in [2.24, 2.45) is 11.3 Å². The summed E-state index contributed by atoms with van der Waals surface area (Å²) in [5.41, 5.74) is 10.7. The van der Waals surface area contributed by atoms with E-state index in [1.165, 1.54) is 10.9 Å². The monoisotopic (exact) mass is 687 g/mol. The largest absolute Gasteiger partial charge is 0.446 e. The van der Waals surface area contributed by atoms with Crippen molar-refractivity contribution < 1.29 is 14.3 Å². The van der Waals surface area contributed by atoms with Crippen LogP contribution in [0, 0.1) is 23.9 Å². The number of hydrazine groups is 1. The Morgan fingerprint density at radius 3 is 2.81 bits per heavy atom. The van der Waals surface area contributed by atoms with Crippen LogP contribution in [0.25, 0.3) is 33.4 Å². The van der Waals surface area contributed by atoms with Crippen molar-refractivity contribution in [1.29, 1.82) is 0 Å². The van der Waals surface area contributed by atoms with Gasteiger partial charge in [-0.15, -0.1) is 23.1 Å². The summed E-state index contributed by atoms with van der Waals surface area (Å²) in [6.07, 6.45) is 15.9. The van der Waals surface area contributed by atoms with Gasteiger partial charge in [-0.05, 0) is 75.6 Å². The Balaban J connectivity index is 1.54. The van der Waals surface area contributed by atoms with E-state index in [0.717, 1.165) is 77.5 Å². The summed E-state index contributed by atoms with van der Waals surface area (Å²) in [5, 5.41) is 6.41. The standard InChI is InChI=1S/C38H49N5O3S2/c1-9-26(37(44)43-19-13-15-33(41-43)47-8)21-34-40-31(23-48-34)27-16-17-32-29(20-27)30(22-38(5,6)24-46-11-3)36(42(32)10-2)28-14-12-18-39-35(28)25(4)45-7/h3,12,14,16-18,20,23,25-26,33,41H,9-10,13,15,19,21-22,24H2,1-2,4-8H3. The first kappa shape index (κ1) is 35.9. The zero-order valence-corrected chi connectivity index (χ0v) is 31.0. The second-order valence-corrected chi connectivity index (χ2v) is 15.3. The molecule has 48 heavy (non-hydrogen) atoms. The van der Waals surface area contributed by atoms with E-state index in [4.69, 9.17) is 25.9 Å². The lowest BCUT2D eigenvalue weighted by Crippen LogP contribution is -2.53. The highest BCUT2D eigenvalue weighted by molar-refractivity contribution is 7.99. The number of carbonyl (C=O) groups excluding carboxylic acids is 1.